The Balaban J connectivity index is 1.33. The molecule has 1 N–H and O–H groups in total. The second-order valence-electron chi connectivity index (χ2n) is 15.0. The zero-order valence-electron chi connectivity index (χ0n) is 33.4. The predicted molar refractivity (Wildman–Crippen MR) is 233 cm³/mol. The number of pyridine rings is 1. The molecule has 1 aromatic heterocycles. The van der Waals surface area contributed by atoms with Gasteiger partial charge in [0.05, 0.1) is 22.8 Å². The van der Waals surface area contributed by atoms with Gasteiger partial charge in [-0.2, -0.15) is 5.26 Å². The van der Waals surface area contributed by atoms with E-state index in [1.54, 1.807) is 30.5 Å². The SMILES string of the molecule is CCC(C)(CC)NCc1cc(Cl)c(CCc2ccc(C)c(-c3cccc(OCCCS(=O)(=O)c4ccc(Br)cc4)c3C)c2C)cc1CCc1cncc(C#N)c1. The molecule has 0 spiro atoms. The number of benzene rings is 4. The number of nitrogens with zero attached hydrogens (tertiary/aromatic N) is 2. The van der Waals surface area contributed by atoms with Gasteiger partial charge in [-0.05, 0) is 171 Å². The van der Waals surface area contributed by atoms with Crippen molar-refractivity contribution in [2.24, 2.45) is 0 Å². The molecule has 294 valence electrons. The van der Waals surface area contributed by atoms with E-state index < -0.39 is 9.84 Å². The van der Waals surface area contributed by atoms with Crippen LogP contribution in [0.4, 0.5) is 0 Å². The summed E-state index contributed by atoms with van der Waals surface area (Å²) in [6.45, 7) is 14.2. The van der Waals surface area contributed by atoms with E-state index in [4.69, 9.17) is 16.3 Å². The molecule has 5 rings (SSSR count). The summed E-state index contributed by atoms with van der Waals surface area (Å²) >= 11 is 10.4. The van der Waals surface area contributed by atoms with Crippen molar-refractivity contribution in [3.05, 3.63) is 145 Å². The van der Waals surface area contributed by atoms with Crippen LogP contribution in [-0.2, 0) is 42.1 Å². The predicted octanol–water partition coefficient (Wildman–Crippen LogP) is 11.4. The molecule has 0 bridgehead atoms. The standard InChI is InChI=1S/C47H53BrClN3O3S/c1-7-47(6,8-2)52-31-40-27-44(49)39(26-38(40)16-14-35-25-36(28-50)30-51-29-35)18-17-37-15-13-32(3)46(33(37)4)43-11-9-12-45(34(43)5)55-23-10-24-56(53,54)42-21-19-41(48)20-22-42/h9,11-13,15,19-22,25-27,29-30,52H,7-8,10,14,16-18,23-24,31H2,1-6H3. The number of ether oxygens (including phenoxy) is 1. The van der Waals surface area contributed by atoms with Crippen LogP contribution in [0.25, 0.3) is 11.1 Å². The van der Waals surface area contributed by atoms with Gasteiger partial charge in [0.1, 0.15) is 11.8 Å². The van der Waals surface area contributed by atoms with Gasteiger partial charge in [-0.1, -0.05) is 71.7 Å². The molecule has 0 aliphatic rings. The number of nitrogens with one attached hydrogen (secondary N) is 1. The van der Waals surface area contributed by atoms with Gasteiger partial charge in [-0.25, -0.2) is 8.42 Å². The summed E-state index contributed by atoms with van der Waals surface area (Å²) in [6.07, 6.45) is 9.13. The molecule has 1 heterocycles. The summed E-state index contributed by atoms with van der Waals surface area (Å²) in [5, 5.41) is 14.0. The van der Waals surface area contributed by atoms with Crippen molar-refractivity contribution < 1.29 is 13.2 Å². The maximum atomic E-state index is 12.9. The first-order chi connectivity index (χ1) is 26.8. The summed E-state index contributed by atoms with van der Waals surface area (Å²) in [5.74, 6) is 0.777. The van der Waals surface area contributed by atoms with Gasteiger partial charge in [0, 0.05) is 34.0 Å². The van der Waals surface area contributed by atoms with Crippen LogP contribution >= 0.6 is 27.5 Å². The highest BCUT2D eigenvalue weighted by Gasteiger charge is 2.21. The lowest BCUT2D eigenvalue weighted by Gasteiger charge is -2.29. The third-order valence-corrected chi connectivity index (χ3v) is 13.9. The molecule has 0 atom stereocenters. The van der Waals surface area contributed by atoms with Crippen LogP contribution in [0.1, 0.15) is 90.1 Å². The molecular formula is C47H53BrClN3O3S. The number of rotatable bonds is 18. The zero-order chi connectivity index (χ0) is 40.5. The topological polar surface area (TPSA) is 92.1 Å². The van der Waals surface area contributed by atoms with Gasteiger partial charge in [-0.3, -0.25) is 4.98 Å². The van der Waals surface area contributed by atoms with Crippen molar-refractivity contribution in [3.63, 3.8) is 0 Å². The minimum atomic E-state index is -3.39. The fourth-order valence-electron chi connectivity index (χ4n) is 7.15. The average Bonchev–Trinajstić information content (AvgIpc) is 3.19. The zero-order valence-corrected chi connectivity index (χ0v) is 36.6. The maximum Gasteiger partial charge on any atom is 0.178 e. The van der Waals surface area contributed by atoms with Crippen LogP contribution in [-0.4, -0.2) is 31.3 Å². The fraction of sp³-hybridized carbons (Fsp3) is 0.362. The van der Waals surface area contributed by atoms with Crippen LogP contribution in [0.2, 0.25) is 5.02 Å². The van der Waals surface area contributed by atoms with Crippen molar-refractivity contribution in [2.45, 2.75) is 103 Å². The van der Waals surface area contributed by atoms with Crippen LogP contribution in [0.3, 0.4) is 0 Å². The van der Waals surface area contributed by atoms with E-state index in [-0.39, 0.29) is 11.3 Å². The molecule has 0 unspecified atom stereocenters. The van der Waals surface area contributed by atoms with Crippen LogP contribution < -0.4 is 10.1 Å². The van der Waals surface area contributed by atoms with Gasteiger partial charge >= 0.3 is 0 Å². The van der Waals surface area contributed by atoms with Gasteiger partial charge < -0.3 is 10.1 Å². The van der Waals surface area contributed by atoms with Crippen molar-refractivity contribution in [1.29, 1.82) is 5.26 Å². The van der Waals surface area contributed by atoms with E-state index in [2.05, 4.69) is 104 Å². The number of nitriles is 1. The van der Waals surface area contributed by atoms with Gasteiger partial charge in [-0.15, -0.1) is 0 Å². The normalized spacial score (nSPS) is 11.8. The molecule has 9 heteroatoms. The molecule has 0 aliphatic heterocycles. The molecular weight excluding hydrogens is 802 g/mol. The number of halogens is 2. The summed E-state index contributed by atoms with van der Waals surface area (Å²) in [5.41, 5.74) is 12.3. The van der Waals surface area contributed by atoms with Crippen molar-refractivity contribution in [3.8, 4) is 22.9 Å². The first kappa shape index (κ1) is 43.1. The summed E-state index contributed by atoms with van der Waals surface area (Å²) in [6, 6.07) is 25.8. The first-order valence-electron chi connectivity index (χ1n) is 19.5. The Morgan fingerprint density at radius 1 is 0.857 bits per heavy atom. The highest BCUT2D eigenvalue weighted by molar-refractivity contribution is 9.10. The lowest BCUT2D eigenvalue weighted by molar-refractivity contribution is 0.316. The molecule has 0 radical (unpaired) electrons. The highest BCUT2D eigenvalue weighted by atomic mass is 79.9. The Bertz CT molecular complexity index is 2300. The largest absolute Gasteiger partial charge is 0.493 e. The van der Waals surface area contributed by atoms with E-state index in [0.29, 0.717) is 23.5 Å². The molecule has 56 heavy (non-hydrogen) atoms. The lowest BCUT2D eigenvalue weighted by atomic mass is 9.87. The third kappa shape index (κ3) is 10.9. The van der Waals surface area contributed by atoms with Gasteiger partial charge in [0.15, 0.2) is 9.84 Å². The number of aryl methyl sites for hydroxylation is 5. The lowest BCUT2D eigenvalue weighted by Crippen LogP contribution is -2.40. The summed E-state index contributed by atoms with van der Waals surface area (Å²) in [4.78, 5) is 4.60. The van der Waals surface area contributed by atoms with E-state index in [1.165, 1.54) is 33.4 Å². The molecule has 0 fully saturated rings. The Kier molecular flexibility index (Phi) is 15.0. The second-order valence-corrected chi connectivity index (χ2v) is 18.4. The molecule has 0 aliphatic carbocycles. The fourth-order valence-corrected chi connectivity index (χ4v) is 8.98. The molecule has 0 amide bonds. The molecule has 4 aromatic carbocycles. The number of hydrogen-bond donors (Lipinski definition) is 1. The quantitative estimate of drug-likeness (QED) is 0.0883. The Labute approximate surface area is 347 Å². The first-order valence-corrected chi connectivity index (χ1v) is 22.3. The summed E-state index contributed by atoms with van der Waals surface area (Å²) < 4.78 is 32.7. The number of sulfone groups is 1. The molecule has 5 aromatic rings. The van der Waals surface area contributed by atoms with E-state index in [9.17, 15) is 13.7 Å². The Morgan fingerprint density at radius 2 is 1.57 bits per heavy atom. The second kappa shape index (κ2) is 19.4. The van der Waals surface area contributed by atoms with Crippen LogP contribution in [0.15, 0.2) is 94.6 Å². The Hall–Kier alpha value is -4.00. The molecule has 0 saturated carbocycles. The van der Waals surface area contributed by atoms with Crippen LogP contribution in [0, 0.1) is 32.1 Å². The van der Waals surface area contributed by atoms with Crippen LogP contribution in [0.5, 0.6) is 5.75 Å². The van der Waals surface area contributed by atoms with E-state index in [1.807, 2.05) is 24.4 Å². The highest BCUT2D eigenvalue weighted by Crippen LogP contribution is 2.36. The van der Waals surface area contributed by atoms with E-state index >= 15 is 0 Å². The molecule has 6 nitrogen and oxygen atoms in total. The molecule has 0 saturated heterocycles. The Morgan fingerprint density at radius 3 is 2.29 bits per heavy atom. The average molecular weight is 855 g/mol. The number of aromatic nitrogens is 1. The van der Waals surface area contributed by atoms with E-state index in [0.717, 1.165) is 82.6 Å². The monoisotopic (exact) mass is 853 g/mol. The number of hydrogen-bond acceptors (Lipinski definition) is 6. The third-order valence-electron chi connectivity index (χ3n) is 11.2. The smallest absolute Gasteiger partial charge is 0.178 e. The van der Waals surface area contributed by atoms with Crippen molar-refractivity contribution in [1.82, 2.24) is 10.3 Å². The van der Waals surface area contributed by atoms with Crippen molar-refractivity contribution in [2.75, 3.05) is 12.4 Å². The minimum absolute atomic E-state index is 0.0175. The minimum Gasteiger partial charge on any atom is -0.493 e. The van der Waals surface area contributed by atoms with Crippen molar-refractivity contribution >= 4 is 37.4 Å². The van der Waals surface area contributed by atoms with Gasteiger partial charge in [0.2, 0.25) is 0 Å². The maximum absolute atomic E-state index is 12.9. The van der Waals surface area contributed by atoms with Gasteiger partial charge in [0.25, 0.3) is 0 Å². The summed E-state index contributed by atoms with van der Waals surface area (Å²) in [7, 11) is -3.39.